The number of rotatable bonds is 2. The summed E-state index contributed by atoms with van der Waals surface area (Å²) in [6.45, 7) is 1.99. The van der Waals surface area contributed by atoms with Crippen LogP contribution in [0, 0.1) is 11.6 Å². The molecule has 0 amide bonds. The summed E-state index contributed by atoms with van der Waals surface area (Å²) >= 11 is 5.09. The average molecular weight is 210 g/mol. The lowest BCUT2D eigenvalue weighted by Gasteiger charge is -2.39. The normalized spacial score (nSPS) is 19.0. The van der Waals surface area contributed by atoms with Crippen molar-refractivity contribution >= 4 is 12.2 Å². The molecule has 14 heavy (non-hydrogen) atoms. The minimum absolute atomic E-state index is 0.195. The van der Waals surface area contributed by atoms with Crippen molar-refractivity contribution in [1.29, 1.82) is 0 Å². The van der Waals surface area contributed by atoms with Crippen LogP contribution in [0.5, 0.6) is 0 Å². The van der Waals surface area contributed by atoms with E-state index in [4.69, 9.17) is 17.0 Å². The van der Waals surface area contributed by atoms with Crippen LogP contribution in [0.3, 0.4) is 0 Å². The van der Waals surface area contributed by atoms with Crippen LogP contribution >= 0.6 is 12.2 Å². The molecule has 1 N–H and O–H groups in total. The standard InChI is InChI=1S/C10H14N2OS/c1-7-6-8(14)12-9(11-7)10(13-2)4-3-5-10/h6H,3-5H2,1-2H3,(H,11,12,14). The van der Waals surface area contributed by atoms with Crippen molar-refractivity contribution < 1.29 is 4.74 Å². The van der Waals surface area contributed by atoms with Crippen molar-refractivity contribution in [2.75, 3.05) is 7.11 Å². The third kappa shape index (κ3) is 1.48. The predicted octanol–water partition coefficient (Wildman–Crippen LogP) is 2.47. The molecule has 0 atom stereocenters. The summed E-state index contributed by atoms with van der Waals surface area (Å²) in [5, 5.41) is 0. The summed E-state index contributed by atoms with van der Waals surface area (Å²) in [6.07, 6.45) is 3.26. The molecule has 0 spiro atoms. The fourth-order valence-electron chi connectivity index (χ4n) is 1.83. The first kappa shape index (κ1) is 9.80. The number of aromatic nitrogens is 2. The predicted molar refractivity (Wildman–Crippen MR) is 56.7 cm³/mol. The Bertz CT molecular complexity index is 390. The Morgan fingerprint density at radius 3 is 2.71 bits per heavy atom. The average Bonchev–Trinajstić information content (AvgIpc) is 2.01. The molecule has 0 bridgehead atoms. The molecule has 0 unspecified atom stereocenters. The maximum Gasteiger partial charge on any atom is 0.140 e. The van der Waals surface area contributed by atoms with E-state index in [1.165, 1.54) is 6.42 Å². The molecule has 0 aliphatic heterocycles. The summed E-state index contributed by atoms with van der Waals surface area (Å²) in [6, 6.07) is 1.86. The van der Waals surface area contributed by atoms with Crippen LogP contribution in [0.1, 0.15) is 30.8 Å². The zero-order valence-corrected chi connectivity index (χ0v) is 9.28. The zero-order valence-electron chi connectivity index (χ0n) is 8.46. The van der Waals surface area contributed by atoms with Crippen LogP contribution in [0.4, 0.5) is 0 Å². The molecule has 1 aliphatic rings. The topological polar surface area (TPSA) is 37.9 Å². The van der Waals surface area contributed by atoms with Gasteiger partial charge in [0.25, 0.3) is 0 Å². The highest BCUT2D eigenvalue weighted by Gasteiger charge is 2.41. The van der Waals surface area contributed by atoms with E-state index < -0.39 is 0 Å². The molecule has 1 saturated carbocycles. The number of methoxy groups -OCH3 is 1. The van der Waals surface area contributed by atoms with E-state index in [1.807, 2.05) is 13.0 Å². The van der Waals surface area contributed by atoms with E-state index in [-0.39, 0.29) is 5.60 Å². The van der Waals surface area contributed by atoms with Crippen LogP contribution < -0.4 is 0 Å². The Morgan fingerprint density at radius 1 is 1.57 bits per heavy atom. The number of hydrogen-bond donors (Lipinski definition) is 1. The Hall–Kier alpha value is -0.740. The summed E-state index contributed by atoms with van der Waals surface area (Å²) in [7, 11) is 1.74. The van der Waals surface area contributed by atoms with Gasteiger partial charge in [-0.25, -0.2) is 4.98 Å². The Kier molecular flexibility index (Phi) is 2.41. The fourth-order valence-corrected chi connectivity index (χ4v) is 2.10. The molecule has 1 aliphatic carbocycles. The lowest BCUT2D eigenvalue weighted by Crippen LogP contribution is -2.38. The maximum atomic E-state index is 5.53. The number of nitrogens with zero attached hydrogens (tertiary/aromatic N) is 1. The Labute approximate surface area is 88.5 Å². The largest absolute Gasteiger partial charge is 0.370 e. The molecule has 1 heterocycles. The molecule has 1 aromatic heterocycles. The Morgan fingerprint density at radius 2 is 2.29 bits per heavy atom. The summed E-state index contributed by atoms with van der Waals surface area (Å²) in [5.74, 6) is 0.885. The van der Waals surface area contributed by atoms with Crippen molar-refractivity contribution in [1.82, 2.24) is 9.97 Å². The summed E-state index contributed by atoms with van der Waals surface area (Å²) in [4.78, 5) is 7.57. The van der Waals surface area contributed by atoms with Gasteiger partial charge in [0.2, 0.25) is 0 Å². The molecular weight excluding hydrogens is 196 g/mol. The van der Waals surface area contributed by atoms with Gasteiger partial charge < -0.3 is 9.72 Å². The van der Waals surface area contributed by atoms with Crippen molar-refractivity contribution in [3.63, 3.8) is 0 Å². The van der Waals surface area contributed by atoms with Gasteiger partial charge in [0.15, 0.2) is 0 Å². The quantitative estimate of drug-likeness (QED) is 0.762. The van der Waals surface area contributed by atoms with E-state index in [0.29, 0.717) is 4.64 Å². The molecule has 1 fully saturated rings. The molecule has 0 radical (unpaired) electrons. The highest BCUT2D eigenvalue weighted by molar-refractivity contribution is 7.71. The third-order valence-electron chi connectivity index (χ3n) is 2.86. The van der Waals surface area contributed by atoms with Gasteiger partial charge in [-0.3, -0.25) is 0 Å². The van der Waals surface area contributed by atoms with Crippen molar-refractivity contribution in [3.05, 3.63) is 22.2 Å². The van der Waals surface area contributed by atoms with Crippen LogP contribution in [0.25, 0.3) is 0 Å². The third-order valence-corrected chi connectivity index (χ3v) is 3.07. The van der Waals surface area contributed by atoms with E-state index in [9.17, 15) is 0 Å². The van der Waals surface area contributed by atoms with Gasteiger partial charge in [-0.2, -0.15) is 0 Å². The molecule has 3 nitrogen and oxygen atoms in total. The SMILES string of the molecule is COC1(c2nc(=S)cc(C)[nH]2)CCC1. The molecule has 0 saturated heterocycles. The number of H-pyrrole nitrogens is 1. The monoisotopic (exact) mass is 210 g/mol. The minimum atomic E-state index is -0.195. The first-order valence-corrected chi connectivity index (χ1v) is 5.21. The highest BCUT2D eigenvalue weighted by atomic mass is 32.1. The minimum Gasteiger partial charge on any atom is -0.370 e. The Balaban J connectivity index is 2.44. The van der Waals surface area contributed by atoms with Crippen LogP contribution in [0.15, 0.2) is 6.07 Å². The number of aryl methyl sites for hydroxylation is 1. The lowest BCUT2D eigenvalue weighted by atomic mass is 9.79. The second-order valence-electron chi connectivity index (χ2n) is 3.80. The zero-order chi connectivity index (χ0) is 10.2. The van der Waals surface area contributed by atoms with Crippen LogP contribution in [-0.4, -0.2) is 17.1 Å². The smallest absolute Gasteiger partial charge is 0.140 e. The molecule has 0 aromatic carbocycles. The van der Waals surface area contributed by atoms with Crippen molar-refractivity contribution in [2.45, 2.75) is 31.8 Å². The number of nitrogens with one attached hydrogen (secondary N) is 1. The second kappa shape index (κ2) is 3.44. The van der Waals surface area contributed by atoms with Crippen molar-refractivity contribution in [3.8, 4) is 0 Å². The number of aromatic amines is 1. The van der Waals surface area contributed by atoms with Gasteiger partial charge in [0.1, 0.15) is 16.1 Å². The van der Waals surface area contributed by atoms with Gasteiger partial charge in [0, 0.05) is 12.8 Å². The maximum absolute atomic E-state index is 5.53. The summed E-state index contributed by atoms with van der Waals surface area (Å²) in [5.41, 5.74) is 0.850. The van der Waals surface area contributed by atoms with E-state index >= 15 is 0 Å². The van der Waals surface area contributed by atoms with E-state index in [1.54, 1.807) is 7.11 Å². The van der Waals surface area contributed by atoms with E-state index in [0.717, 1.165) is 24.4 Å². The van der Waals surface area contributed by atoms with Gasteiger partial charge >= 0.3 is 0 Å². The van der Waals surface area contributed by atoms with Crippen molar-refractivity contribution in [2.24, 2.45) is 0 Å². The van der Waals surface area contributed by atoms with Gasteiger partial charge in [-0.15, -0.1) is 0 Å². The number of ether oxygens (including phenoxy) is 1. The first-order valence-electron chi connectivity index (χ1n) is 4.80. The molecular formula is C10H14N2OS. The van der Waals surface area contributed by atoms with E-state index in [2.05, 4.69) is 9.97 Å². The number of hydrogen-bond acceptors (Lipinski definition) is 3. The van der Waals surface area contributed by atoms with Gasteiger partial charge in [0.05, 0.1) is 0 Å². The van der Waals surface area contributed by atoms with Gasteiger partial charge in [-0.05, 0) is 32.3 Å². The van der Waals surface area contributed by atoms with Crippen LogP contribution in [0.2, 0.25) is 0 Å². The fraction of sp³-hybridized carbons (Fsp3) is 0.600. The molecule has 4 heteroatoms. The summed E-state index contributed by atoms with van der Waals surface area (Å²) < 4.78 is 6.17. The second-order valence-corrected chi connectivity index (χ2v) is 4.22. The van der Waals surface area contributed by atoms with Crippen LogP contribution in [-0.2, 0) is 10.3 Å². The molecule has 76 valence electrons. The molecule has 2 rings (SSSR count). The lowest BCUT2D eigenvalue weighted by molar-refractivity contribution is -0.0848. The first-order chi connectivity index (χ1) is 6.66. The van der Waals surface area contributed by atoms with Gasteiger partial charge in [-0.1, -0.05) is 12.2 Å². The highest BCUT2D eigenvalue weighted by Crippen LogP contribution is 2.42. The molecule has 1 aromatic rings.